The molecule has 0 saturated carbocycles. The maximum atomic E-state index is 12.2. The van der Waals surface area contributed by atoms with Crippen LogP contribution < -0.4 is 5.32 Å². The van der Waals surface area contributed by atoms with Gasteiger partial charge in [0.1, 0.15) is 0 Å². The number of carbonyl (C=O) groups excluding carboxylic acids is 2. The number of carbonyl (C=O) groups is 2. The molecule has 0 saturated heterocycles. The van der Waals surface area contributed by atoms with Crippen molar-refractivity contribution in [3.63, 3.8) is 0 Å². The number of halogens is 1. The van der Waals surface area contributed by atoms with Crippen LogP contribution in [0.2, 0.25) is 5.02 Å². The third kappa shape index (κ3) is 6.24. The Morgan fingerprint density at radius 2 is 1.80 bits per heavy atom. The minimum atomic E-state index is -0.870. The Kier molecular flexibility index (Phi) is 7.02. The molecule has 2 atom stereocenters. The van der Waals surface area contributed by atoms with Crippen molar-refractivity contribution in [3.8, 4) is 0 Å². The molecular formula is C20H22ClNO3. The van der Waals surface area contributed by atoms with Gasteiger partial charge < -0.3 is 10.1 Å². The number of amides is 1. The lowest BCUT2D eigenvalue weighted by atomic mass is 10.1. The van der Waals surface area contributed by atoms with Crippen LogP contribution in [0.1, 0.15) is 36.2 Å². The van der Waals surface area contributed by atoms with Crippen molar-refractivity contribution in [1.82, 2.24) is 5.32 Å². The third-order valence-corrected chi connectivity index (χ3v) is 4.05. The lowest BCUT2D eigenvalue weighted by Crippen LogP contribution is -2.41. The summed E-state index contributed by atoms with van der Waals surface area (Å²) in [5.74, 6) is -0.877. The maximum absolute atomic E-state index is 12.2. The van der Waals surface area contributed by atoms with Crippen LogP contribution in [0.15, 0.2) is 54.6 Å². The second kappa shape index (κ2) is 9.23. The van der Waals surface area contributed by atoms with E-state index in [1.807, 2.05) is 25.1 Å². The summed E-state index contributed by atoms with van der Waals surface area (Å²) in [6, 6.07) is 16.5. The molecule has 0 aliphatic rings. The van der Waals surface area contributed by atoms with Crippen molar-refractivity contribution in [1.29, 1.82) is 0 Å². The summed E-state index contributed by atoms with van der Waals surface area (Å²) in [6.07, 6.45) is 0.814. The molecule has 2 aromatic rings. The van der Waals surface area contributed by atoms with E-state index in [0.29, 0.717) is 10.6 Å². The molecule has 1 N–H and O–H groups in total. The number of ether oxygens (including phenoxy) is 1. The quantitative estimate of drug-likeness (QED) is 0.759. The third-order valence-electron chi connectivity index (χ3n) is 3.81. The topological polar surface area (TPSA) is 55.4 Å². The molecule has 0 spiro atoms. The maximum Gasteiger partial charge on any atom is 0.338 e. The molecule has 0 fully saturated rings. The molecule has 0 unspecified atom stereocenters. The van der Waals surface area contributed by atoms with E-state index in [0.717, 1.165) is 12.8 Å². The van der Waals surface area contributed by atoms with E-state index >= 15 is 0 Å². The van der Waals surface area contributed by atoms with Gasteiger partial charge in [-0.1, -0.05) is 48.0 Å². The van der Waals surface area contributed by atoms with Gasteiger partial charge >= 0.3 is 5.97 Å². The van der Waals surface area contributed by atoms with Crippen LogP contribution in [0.25, 0.3) is 0 Å². The molecular weight excluding hydrogens is 338 g/mol. The Labute approximate surface area is 153 Å². The van der Waals surface area contributed by atoms with Crippen molar-refractivity contribution in [3.05, 3.63) is 70.7 Å². The zero-order chi connectivity index (χ0) is 18.2. The first-order valence-electron chi connectivity index (χ1n) is 8.26. The molecule has 5 heteroatoms. The highest BCUT2D eigenvalue weighted by molar-refractivity contribution is 6.30. The smallest absolute Gasteiger partial charge is 0.338 e. The van der Waals surface area contributed by atoms with Crippen LogP contribution in [-0.4, -0.2) is 24.0 Å². The van der Waals surface area contributed by atoms with Crippen LogP contribution in [-0.2, 0) is 16.0 Å². The lowest BCUT2D eigenvalue weighted by molar-refractivity contribution is -0.129. The summed E-state index contributed by atoms with van der Waals surface area (Å²) >= 11 is 5.86. The molecule has 132 valence electrons. The Hall–Kier alpha value is -2.33. The molecule has 0 aliphatic carbocycles. The molecule has 0 aromatic heterocycles. The number of nitrogens with one attached hydrogen (secondary N) is 1. The summed E-state index contributed by atoms with van der Waals surface area (Å²) in [6.45, 7) is 3.49. The number of benzene rings is 2. The van der Waals surface area contributed by atoms with Crippen molar-refractivity contribution in [2.45, 2.75) is 38.8 Å². The molecule has 4 nitrogen and oxygen atoms in total. The summed E-state index contributed by atoms with van der Waals surface area (Å²) < 4.78 is 5.21. The molecule has 0 radical (unpaired) electrons. The van der Waals surface area contributed by atoms with E-state index in [4.69, 9.17) is 16.3 Å². The molecule has 0 bridgehead atoms. The first kappa shape index (κ1) is 19.0. The molecule has 1 amide bonds. The van der Waals surface area contributed by atoms with Crippen LogP contribution in [0.4, 0.5) is 0 Å². The first-order chi connectivity index (χ1) is 12.0. The van der Waals surface area contributed by atoms with E-state index in [-0.39, 0.29) is 11.9 Å². The van der Waals surface area contributed by atoms with E-state index < -0.39 is 12.1 Å². The van der Waals surface area contributed by atoms with Crippen molar-refractivity contribution in [2.24, 2.45) is 0 Å². The summed E-state index contributed by atoms with van der Waals surface area (Å²) in [7, 11) is 0. The summed E-state index contributed by atoms with van der Waals surface area (Å²) in [4.78, 5) is 24.2. The average Bonchev–Trinajstić information content (AvgIpc) is 2.60. The fraction of sp³-hybridized carbons (Fsp3) is 0.300. The van der Waals surface area contributed by atoms with Gasteiger partial charge in [0.2, 0.25) is 0 Å². The van der Waals surface area contributed by atoms with Gasteiger partial charge in [0.25, 0.3) is 5.91 Å². The number of aryl methyl sites for hydroxylation is 1. The minimum absolute atomic E-state index is 0.0139. The van der Waals surface area contributed by atoms with E-state index in [2.05, 4.69) is 17.4 Å². The molecule has 0 aliphatic heterocycles. The largest absolute Gasteiger partial charge is 0.449 e. The Morgan fingerprint density at radius 3 is 2.48 bits per heavy atom. The van der Waals surface area contributed by atoms with E-state index in [1.165, 1.54) is 11.6 Å². The predicted octanol–water partition coefficient (Wildman–Crippen LogP) is 4.02. The number of rotatable bonds is 7. The summed E-state index contributed by atoms with van der Waals surface area (Å²) in [5.41, 5.74) is 1.55. The van der Waals surface area contributed by atoms with Crippen LogP contribution in [0.3, 0.4) is 0 Å². The zero-order valence-electron chi connectivity index (χ0n) is 14.4. The van der Waals surface area contributed by atoms with Crippen LogP contribution >= 0.6 is 11.6 Å². The highest BCUT2D eigenvalue weighted by Crippen LogP contribution is 2.12. The highest BCUT2D eigenvalue weighted by atomic mass is 35.5. The van der Waals surface area contributed by atoms with E-state index in [1.54, 1.807) is 25.1 Å². The highest BCUT2D eigenvalue weighted by Gasteiger charge is 2.20. The first-order valence-corrected chi connectivity index (χ1v) is 8.64. The second-order valence-corrected chi connectivity index (χ2v) is 6.43. The minimum Gasteiger partial charge on any atom is -0.449 e. The number of esters is 1. The Bertz CT molecular complexity index is 718. The van der Waals surface area contributed by atoms with Crippen molar-refractivity contribution in [2.75, 3.05) is 0 Å². The molecule has 2 rings (SSSR count). The van der Waals surface area contributed by atoms with Crippen LogP contribution in [0.5, 0.6) is 0 Å². The number of hydrogen-bond acceptors (Lipinski definition) is 3. The summed E-state index contributed by atoms with van der Waals surface area (Å²) in [5, 5.41) is 3.32. The Balaban J connectivity index is 1.80. The lowest BCUT2D eigenvalue weighted by Gasteiger charge is -2.18. The van der Waals surface area contributed by atoms with Gasteiger partial charge in [0.15, 0.2) is 6.10 Å². The van der Waals surface area contributed by atoms with Gasteiger partial charge in [-0.3, -0.25) is 4.79 Å². The standard InChI is InChI=1S/C20H22ClNO3/c1-14(11-12-16-7-4-3-5-8-16)22-19(23)15(2)25-20(24)17-9-6-10-18(21)13-17/h3-10,13-15H,11-12H2,1-2H3,(H,22,23)/t14-,15+/m1/s1. The fourth-order valence-corrected chi connectivity index (χ4v) is 2.55. The molecule has 0 heterocycles. The van der Waals surface area contributed by atoms with Crippen molar-refractivity contribution < 1.29 is 14.3 Å². The fourth-order valence-electron chi connectivity index (χ4n) is 2.36. The predicted molar refractivity (Wildman–Crippen MR) is 98.7 cm³/mol. The van der Waals surface area contributed by atoms with Crippen molar-refractivity contribution >= 4 is 23.5 Å². The monoisotopic (exact) mass is 359 g/mol. The van der Waals surface area contributed by atoms with Gasteiger partial charge in [0.05, 0.1) is 5.56 Å². The van der Waals surface area contributed by atoms with Gasteiger partial charge in [0, 0.05) is 11.1 Å². The van der Waals surface area contributed by atoms with Gasteiger partial charge in [-0.25, -0.2) is 4.79 Å². The number of hydrogen-bond donors (Lipinski definition) is 1. The molecule has 25 heavy (non-hydrogen) atoms. The van der Waals surface area contributed by atoms with Gasteiger partial charge in [-0.05, 0) is 50.5 Å². The van der Waals surface area contributed by atoms with Gasteiger partial charge in [-0.2, -0.15) is 0 Å². The zero-order valence-corrected chi connectivity index (χ0v) is 15.1. The second-order valence-electron chi connectivity index (χ2n) is 5.99. The van der Waals surface area contributed by atoms with Crippen LogP contribution in [0, 0.1) is 0 Å². The average molecular weight is 360 g/mol. The molecule has 2 aromatic carbocycles. The van der Waals surface area contributed by atoms with Gasteiger partial charge in [-0.15, -0.1) is 0 Å². The SMILES string of the molecule is C[C@H](CCc1ccccc1)NC(=O)[C@H](C)OC(=O)c1cccc(Cl)c1. The van der Waals surface area contributed by atoms with E-state index in [9.17, 15) is 9.59 Å². The normalized spacial score (nSPS) is 12.9. The Morgan fingerprint density at radius 1 is 1.08 bits per heavy atom.